The van der Waals surface area contributed by atoms with E-state index in [0.29, 0.717) is 22.3 Å². The third-order valence-corrected chi connectivity index (χ3v) is 6.80. The monoisotopic (exact) mass is 294 g/mol. The van der Waals surface area contributed by atoms with E-state index < -0.39 is 11.0 Å². The zero-order chi connectivity index (χ0) is 14.3. The number of carbonyl (C=O) groups excluding carboxylic acids is 1. The molecule has 0 aliphatic carbocycles. The highest BCUT2D eigenvalue weighted by molar-refractivity contribution is 8.01. The molecule has 0 N–H and O–H groups in total. The molecule has 7 unspecified atom stereocenters. The SMILES string of the molecule is CC(C)(C)OC(=O)C1(C)CC2OC1C1C3C=CC(S3)C21. The second kappa shape index (κ2) is 3.83. The first kappa shape index (κ1) is 13.2. The zero-order valence-electron chi connectivity index (χ0n) is 12.5. The number of fused-ring (bicyclic) bond motifs is 9. The van der Waals surface area contributed by atoms with Crippen LogP contribution in [-0.2, 0) is 14.3 Å². The minimum atomic E-state index is -0.460. The molecule has 0 spiro atoms. The Morgan fingerprint density at radius 3 is 2.60 bits per heavy atom. The second-order valence-electron chi connectivity index (χ2n) is 7.82. The normalized spacial score (nSPS) is 51.6. The van der Waals surface area contributed by atoms with Gasteiger partial charge in [-0.2, -0.15) is 0 Å². The molecule has 7 atom stereocenters. The standard InChI is InChI=1S/C16H22O3S/c1-15(2,3)19-14(17)16(4)7-8-11-9-5-6-10(20-9)12(11)13(16)18-8/h5-6,8-13H,7H2,1-4H3. The van der Waals surface area contributed by atoms with Gasteiger partial charge in [0.05, 0.1) is 17.6 Å². The lowest BCUT2D eigenvalue weighted by Gasteiger charge is -2.39. The van der Waals surface area contributed by atoms with E-state index in [4.69, 9.17) is 9.47 Å². The maximum absolute atomic E-state index is 12.6. The van der Waals surface area contributed by atoms with Gasteiger partial charge in [0.25, 0.3) is 0 Å². The van der Waals surface area contributed by atoms with Crippen LogP contribution >= 0.6 is 11.8 Å². The lowest BCUT2D eigenvalue weighted by Crippen LogP contribution is -2.49. The average Bonchev–Trinajstić information content (AvgIpc) is 3.02. The fourth-order valence-corrected chi connectivity index (χ4v) is 6.23. The summed E-state index contributed by atoms with van der Waals surface area (Å²) in [6.45, 7) is 7.84. The van der Waals surface area contributed by atoms with Gasteiger partial charge in [-0.1, -0.05) is 12.2 Å². The molecule has 4 bridgehead atoms. The van der Waals surface area contributed by atoms with Crippen molar-refractivity contribution in [1.29, 1.82) is 0 Å². The molecule has 0 saturated carbocycles. The van der Waals surface area contributed by atoms with Gasteiger partial charge in [0, 0.05) is 22.3 Å². The molecular weight excluding hydrogens is 272 g/mol. The minimum absolute atomic E-state index is 0.0415. The topological polar surface area (TPSA) is 35.5 Å². The van der Waals surface area contributed by atoms with E-state index in [1.54, 1.807) is 0 Å². The van der Waals surface area contributed by atoms with Gasteiger partial charge in [-0.25, -0.2) is 0 Å². The molecular formula is C16H22O3S. The molecule has 4 aliphatic rings. The van der Waals surface area contributed by atoms with Crippen molar-refractivity contribution in [3.05, 3.63) is 12.2 Å². The van der Waals surface area contributed by atoms with Crippen LogP contribution in [0.5, 0.6) is 0 Å². The Hall–Kier alpha value is -0.480. The van der Waals surface area contributed by atoms with E-state index in [9.17, 15) is 4.79 Å². The molecule has 0 radical (unpaired) electrons. The van der Waals surface area contributed by atoms with Crippen LogP contribution in [-0.4, -0.2) is 34.3 Å². The van der Waals surface area contributed by atoms with Crippen LogP contribution in [0.4, 0.5) is 0 Å². The summed E-state index contributed by atoms with van der Waals surface area (Å²) in [5.41, 5.74) is -0.886. The number of rotatable bonds is 1. The fraction of sp³-hybridized carbons (Fsp3) is 0.812. The van der Waals surface area contributed by atoms with Crippen molar-refractivity contribution < 1.29 is 14.3 Å². The van der Waals surface area contributed by atoms with Crippen LogP contribution < -0.4 is 0 Å². The van der Waals surface area contributed by atoms with Gasteiger partial charge >= 0.3 is 5.97 Å². The number of hydrogen-bond donors (Lipinski definition) is 0. The summed E-state index contributed by atoms with van der Waals surface area (Å²) < 4.78 is 11.9. The van der Waals surface area contributed by atoms with E-state index in [0.717, 1.165) is 6.42 Å². The lowest BCUT2D eigenvalue weighted by molar-refractivity contribution is -0.171. The van der Waals surface area contributed by atoms with Crippen molar-refractivity contribution in [3.63, 3.8) is 0 Å². The number of carbonyl (C=O) groups is 1. The average molecular weight is 294 g/mol. The van der Waals surface area contributed by atoms with Crippen LogP contribution in [0.15, 0.2) is 12.2 Å². The van der Waals surface area contributed by atoms with Gasteiger partial charge in [0.15, 0.2) is 0 Å². The molecule has 4 heterocycles. The second-order valence-corrected chi connectivity index (χ2v) is 9.18. The van der Waals surface area contributed by atoms with Gasteiger partial charge < -0.3 is 9.47 Å². The molecule has 0 amide bonds. The smallest absolute Gasteiger partial charge is 0.315 e. The molecule has 20 heavy (non-hydrogen) atoms. The molecule has 0 aromatic carbocycles. The molecule has 0 aromatic rings. The zero-order valence-corrected chi connectivity index (χ0v) is 13.3. The molecule has 4 heteroatoms. The van der Waals surface area contributed by atoms with Crippen LogP contribution in [0.3, 0.4) is 0 Å². The van der Waals surface area contributed by atoms with Gasteiger partial charge in [-0.15, -0.1) is 11.8 Å². The maximum atomic E-state index is 12.6. The molecule has 3 nitrogen and oxygen atoms in total. The molecule has 0 aromatic heterocycles. The van der Waals surface area contributed by atoms with Crippen LogP contribution in [0.2, 0.25) is 0 Å². The van der Waals surface area contributed by atoms with Crippen molar-refractivity contribution in [2.75, 3.05) is 0 Å². The maximum Gasteiger partial charge on any atom is 0.315 e. The van der Waals surface area contributed by atoms with Crippen molar-refractivity contribution in [2.45, 2.75) is 62.4 Å². The third kappa shape index (κ3) is 1.61. The van der Waals surface area contributed by atoms with E-state index in [1.807, 2.05) is 27.7 Å². The van der Waals surface area contributed by atoms with Gasteiger partial charge in [0.1, 0.15) is 5.60 Å². The first-order valence-electron chi connectivity index (χ1n) is 7.52. The summed E-state index contributed by atoms with van der Waals surface area (Å²) in [7, 11) is 0. The van der Waals surface area contributed by atoms with E-state index in [2.05, 4.69) is 23.9 Å². The molecule has 3 saturated heterocycles. The highest BCUT2D eigenvalue weighted by Gasteiger charge is 2.69. The summed E-state index contributed by atoms with van der Waals surface area (Å²) in [6, 6.07) is 0. The summed E-state index contributed by atoms with van der Waals surface area (Å²) >= 11 is 2.05. The first-order valence-corrected chi connectivity index (χ1v) is 8.47. The minimum Gasteiger partial charge on any atom is -0.459 e. The van der Waals surface area contributed by atoms with Crippen LogP contribution in [0, 0.1) is 17.3 Å². The van der Waals surface area contributed by atoms with E-state index in [1.165, 1.54) is 0 Å². The summed E-state index contributed by atoms with van der Waals surface area (Å²) in [4.78, 5) is 12.6. The van der Waals surface area contributed by atoms with Gasteiger partial charge in [-0.05, 0) is 34.1 Å². The Morgan fingerprint density at radius 2 is 1.95 bits per heavy atom. The predicted octanol–water partition coefficient (Wildman–Crippen LogP) is 2.79. The summed E-state index contributed by atoms with van der Waals surface area (Å²) in [6.07, 6.45) is 5.77. The van der Waals surface area contributed by atoms with Crippen molar-refractivity contribution in [1.82, 2.24) is 0 Å². The number of thioether (sulfide) groups is 1. The Morgan fingerprint density at radius 1 is 1.30 bits per heavy atom. The predicted molar refractivity (Wildman–Crippen MR) is 78.5 cm³/mol. The van der Waals surface area contributed by atoms with E-state index in [-0.39, 0.29) is 18.2 Å². The number of ether oxygens (including phenoxy) is 2. The lowest BCUT2D eigenvalue weighted by atomic mass is 9.63. The van der Waals surface area contributed by atoms with Crippen LogP contribution in [0.1, 0.15) is 34.1 Å². The Balaban J connectivity index is 1.61. The van der Waals surface area contributed by atoms with E-state index >= 15 is 0 Å². The molecule has 3 fully saturated rings. The largest absolute Gasteiger partial charge is 0.459 e. The highest BCUT2D eigenvalue weighted by Crippen LogP contribution is 2.64. The molecule has 4 rings (SSSR count). The number of esters is 1. The molecule has 110 valence electrons. The van der Waals surface area contributed by atoms with Gasteiger partial charge in [-0.3, -0.25) is 4.79 Å². The number of hydrogen-bond acceptors (Lipinski definition) is 4. The Bertz CT molecular complexity index is 494. The first-order chi connectivity index (χ1) is 9.29. The fourth-order valence-electron chi connectivity index (χ4n) is 4.46. The van der Waals surface area contributed by atoms with Crippen molar-refractivity contribution >= 4 is 17.7 Å². The van der Waals surface area contributed by atoms with Crippen molar-refractivity contribution in [3.8, 4) is 0 Å². The van der Waals surface area contributed by atoms with Crippen molar-refractivity contribution in [2.24, 2.45) is 17.3 Å². The Labute approximate surface area is 124 Å². The summed E-state index contributed by atoms with van der Waals surface area (Å²) in [5.74, 6) is 1.05. The Kier molecular flexibility index (Phi) is 2.53. The van der Waals surface area contributed by atoms with Gasteiger partial charge in [0.2, 0.25) is 0 Å². The quantitative estimate of drug-likeness (QED) is 0.550. The third-order valence-electron chi connectivity index (χ3n) is 5.23. The molecule has 4 aliphatic heterocycles. The van der Waals surface area contributed by atoms with Crippen LogP contribution in [0.25, 0.3) is 0 Å². The summed E-state index contributed by atoms with van der Waals surface area (Å²) in [5, 5.41) is 1.16. The highest BCUT2D eigenvalue weighted by atomic mass is 32.2.